The molecule has 0 fully saturated rings. The summed E-state index contributed by atoms with van der Waals surface area (Å²) < 4.78 is 7.48. The van der Waals surface area contributed by atoms with Gasteiger partial charge in [-0.1, -0.05) is 23.7 Å². The van der Waals surface area contributed by atoms with Crippen molar-refractivity contribution in [1.82, 2.24) is 14.8 Å². The maximum Gasteiger partial charge on any atom is 0.163 e. The Kier molecular flexibility index (Phi) is 4.88. The van der Waals surface area contributed by atoms with E-state index in [-0.39, 0.29) is 6.04 Å². The quantitative estimate of drug-likeness (QED) is 0.629. The largest absolute Gasteiger partial charge is 0.385 e. The van der Waals surface area contributed by atoms with Gasteiger partial charge in [0, 0.05) is 41.2 Å². The molecule has 3 aromatic rings. The molecule has 1 unspecified atom stereocenters. The second-order valence-electron chi connectivity index (χ2n) is 6.69. The number of aromatic nitrogens is 3. The van der Waals surface area contributed by atoms with Gasteiger partial charge in [-0.05, 0) is 38.5 Å². The van der Waals surface area contributed by atoms with E-state index in [1.807, 2.05) is 31.2 Å². The van der Waals surface area contributed by atoms with E-state index in [1.54, 1.807) is 18.4 Å². The van der Waals surface area contributed by atoms with Gasteiger partial charge in [0.1, 0.15) is 16.9 Å². The van der Waals surface area contributed by atoms with E-state index in [1.165, 1.54) is 10.4 Å². The van der Waals surface area contributed by atoms with Gasteiger partial charge in [-0.25, -0.2) is 0 Å². The fourth-order valence-corrected chi connectivity index (χ4v) is 4.76. The summed E-state index contributed by atoms with van der Waals surface area (Å²) in [6, 6.07) is 7.77. The highest BCUT2D eigenvalue weighted by Gasteiger charge is 2.31. The molecular formula is C20H21ClN4OS. The number of hydrogen-bond donors (Lipinski definition) is 0. The van der Waals surface area contributed by atoms with E-state index in [0.717, 1.165) is 44.9 Å². The number of halogens is 1. The first-order valence-corrected chi connectivity index (χ1v) is 10.1. The Balaban J connectivity index is 1.99. The molecule has 1 aliphatic heterocycles. The highest BCUT2D eigenvalue weighted by atomic mass is 35.5. The zero-order valence-corrected chi connectivity index (χ0v) is 17.4. The summed E-state index contributed by atoms with van der Waals surface area (Å²) >= 11 is 7.88. The normalized spacial score (nSPS) is 15.9. The minimum atomic E-state index is -0.115. The average molecular weight is 401 g/mol. The van der Waals surface area contributed by atoms with Gasteiger partial charge in [0.2, 0.25) is 0 Å². The van der Waals surface area contributed by atoms with Crippen LogP contribution in [-0.4, -0.2) is 34.2 Å². The molecule has 4 rings (SSSR count). The number of methoxy groups -OCH3 is 1. The van der Waals surface area contributed by atoms with Crippen molar-refractivity contribution in [2.75, 3.05) is 13.7 Å². The number of fused-ring (bicyclic) bond motifs is 3. The third-order valence-electron chi connectivity index (χ3n) is 4.95. The average Bonchev–Trinajstić information content (AvgIpc) is 3.12. The molecule has 27 heavy (non-hydrogen) atoms. The van der Waals surface area contributed by atoms with Crippen molar-refractivity contribution in [1.29, 1.82) is 0 Å². The first-order chi connectivity index (χ1) is 13.0. The molecule has 0 amide bonds. The van der Waals surface area contributed by atoms with Crippen LogP contribution < -0.4 is 0 Å². The topological polar surface area (TPSA) is 52.3 Å². The maximum atomic E-state index is 6.12. The number of benzene rings is 1. The molecule has 140 valence electrons. The molecule has 1 aromatic carbocycles. The third-order valence-corrected chi connectivity index (χ3v) is 6.40. The molecule has 0 saturated carbocycles. The van der Waals surface area contributed by atoms with Crippen molar-refractivity contribution in [2.45, 2.75) is 33.2 Å². The van der Waals surface area contributed by atoms with E-state index in [0.29, 0.717) is 6.61 Å². The Morgan fingerprint density at radius 2 is 1.89 bits per heavy atom. The number of aryl methyl sites for hydroxylation is 2. The second-order valence-corrected chi connectivity index (χ2v) is 8.33. The van der Waals surface area contributed by atoms with Gasteiger partial charge in [0.05, 0.1) is 5.71 Å². The summed E-state index contributed by atoms with van der Waals surface area (Å²) in [7, 11) is 1.71. The lowest BCUT2D eigenvalue weighted by Gasteiger charge is -2.12. The molecular weight excluding hydrogens is 380 g/mol. The first-order valence-electron chi connectivity index (χ1n) is 8.86. The van der Waals surface area contributed by atoms with Crippen LogP contribution in [0.2, 0.25) is 5.02 Å². The van der Waals surface area contributed by atoms with Crippen LogP contribution in [0.25, 0.3) is 5.00 Å². The lowest BCUT2D eigenvalue weighted by atomic mass is 9.99. The van der Waals surface area contributed by atoms with E-state index < -0.39 is 0 Å². The Bertz CT molecular complexity index is 1020. The fourth-order valence-electron chi connectivity index (χ4n) is 3.42. The minimum Gasteiger partial charge on any atom is -0.385 e. The van der Waals surface area contributed by atoms with Crippen molar-refractivity contribution in [2.24, 2.45) is 4.99 Å². The Morgan fingerprint density at radius 3 is 2.59 bits per heavy atom. The first kappa shape index (κ1) is 18.3. The molecule has 0 radical (unpaired) electrons. The zero-order chi connectivity index (χ0) is 19.1. The predicted molar refractivity (Wildman–Crippen MR) is 110 cm³/mol. The highest BCUT2D eigenvalue weighted by Crippen LogP contribution is 2.39. The third kappa shape index (κ3) is 3.12. The van der Waals surface area contributed by atoms with Gasteiger partial charge in [-0.2, -0.15) is 0 Å². The summed E-state index contributed by atoms with van der Waals surface area (Å²) in [5, 5.41) is 10.7. The Labute approximate surface area is 167 Å². The summed E-state index contributed by atoms with van der Waals surface area (Å²) in [6.45, 7) is 6.91. The van der Waals surface area contributed by atoms with Crippen LogP contribution in [0.4, 0.5) is 0 Å². The summed E-state index contributed by atoms with van der Waals surface area (Å²) in [6.07, 6.45) is 0.749. The van der Waals surface area contributed by atoms with Gasteiger partial charge in [0.15, 0.2) is 5.82 Å². The second kappa shape index (κ2) is 7.19. The Hall–Kier alpha value is -2.02. The molecule has 1 aliphatic rings. The van der Waals surface area contributed by atoms with Crippen LogP contribution >= 0.6 is 22.9 Å². The smallest absolute Gasteiger partial charge is 0.163 e. The number of rotatable bonds is 4. The van der Waals surface area contributed by atoms with Crippen molar-refractivity contribution in [3.8, 4) is 5.00 Å². The molecule has 3 heterocycles. The molecule has 7 heteroatoms. The predicted octanol–water partition coefficient (Wildman–Crippen LogP) is 4.84. The van der Waals surface area contributed by atoms with E-state index in [9.17, 15) is 0 Å². The van der Waals surface area contributed by atoms with E-state index in [4.69, 9.17) is 21.3 Å². The number of ether oxygens (including phenoxy) is 1. The molecule has 1 atom stereocenters. The SMILES string of the molecule is COCCC1N=C(c2ccc(Cl)cc2)c2c(sc(C)c2C)-n2c(C)nnc21. The number of nitrogens with zero attached hydrogens (tertiary/aromatic N) is 4. The highest BCUT2D eigenvalue weighted by molar-refractivity contribution is 7.15. The monoisotopic (exact) mass is 400 g/mol. The van der Waals surface area contributed by atoms with E-state index in [2.05, 4.69) is 28.6 Å². The van der Waals surface area contributed by atoms with Crippen molar-refractivity contribution in [3.63, 3.8) is 0 Å². The zero-order valence-electron chi connectivity index (χ0n) is 15.8. The van der Waals surface area contributed by atoms with Crippen LogP contribution in [0.5, 0.6) is 0 Å². The number of thiophene rings is 1. The van der Waals surface area contributed by atoms with Crippen molar-refractivity contribution >= 4 is 28.6 Å². The standard InChI is InChI=1S/C20H21ClN4OS/c1-11-12(2)27-20-17(11)18(14-5-7-15(21)8-6-14)22-16(9-10-26-4)19-24-23-13(3)25(19)20/h5-8,16H,9-10H2,1-4H3. The van der Waals surface area contributed by atoms with Crippen LogP contribution in [0.3, 0.4) is 0 Å². The lowest BCUT2D eigenvalue weighted by Crippen LogP contribution is -2.08. The summed E-state index contributed by atoms with van der Waals surface area (Å²) in [5.41, 5.74) is 4.44. The molecule has 5 nitrogen and oxygen atoms in total. The minimum absolute atomic E-state index is 0.115. The summed E-state index contributed by atoms with van der Waals surface area (Å²) in [4.78, 5) is 6.43. The molecule has 0 saturated heterocycles. The van der Waals surface area contributed by atoms with Gasteiger partial charge < -0.3 is 4.74 Å². The maximum absolute atomic E-state index is 6.12. The van der Waals surface area contributed by atoms with Gasteiger partial charge in [0.25, 0.3) is 0 Å². The molecule has 2 aromatic heterocycles. The summed E-state index contributed by atoms with van der Waals surface area (Å²) in [5.74, 6) is 1.75. The molecule has 0 bridgehead atoms. The van der Waals surface area contributed by atoms with Crippen LogP contribution in [0.15, 0.2) is 29.3 Å². The molecule has 0 N–H and O–H groups in total. The van der Waals surface area contributed by atoms with Crippen LogP contribution in [0.1, 0.15) is 45.7 Å². The van der Waals surface area contributed by atoms with Crippen LogP contribution in [-0.2, 0) is 4.74 Å². The van der Waals surface area contributed by atoms with Crippen molar-refractivity contribution in [3.05, 3.63) is 62.5 Å². The van der Waals surface area contributed by atoms with Gasteiger partial charge >= 0.3 is 0 Å². The Morgan fingerprint density at radius 1 is 1.15 bits per heavy atom. The van der Waals surface area contributed by atoms with Gasteiger partial charge in [-0.3, -0.25) is 9.56 Å². The van der Waals surface area contributed by atoms with Crippen LogP contribution in [0, 0.1) is 20.8 Å². The van der Waals surface area contributed by atoms with E-state index >= 15 is 0 Å². The molecule has 0 aliphatic carbocycles. The van der Waals surface area contributed by atoms with Gasteiger partial charge in [-0.15, -0.1) is 21.5 Å². The van der Waals surface area contributed by atoms with Crippen molar-refractivity contribution < 1.29 is 4.74 Å². The fraction of sp³-hybridized carbons (Fsp3) is 0.350. The molecule has 0 spiro atoms. The lowest BCUT2D eigenvalue weighted by molar-refractivity contribution is 0.187. The number of hydrogen-bond acceptors (Lipinski definition) is 5. The number of aliphatic imine (C=N–C) groups is 1.